The molecule has 2 fully saturated rings. The van der Waals surface area contributed by atoms with Crippen LogP contribution in [-0.4, -0.2) is 49.3 Å². The third-order valence-electron chi connectivity index (χ3n) is 6.36. The van der Waals surface area contributed by atoms with Crippen molar-refractivity contribution in [3.05, 3.63) is 47.7 Å². The zero-order chi connectivity index (χ0) is 22.8. The Morgan fingerprint density at radius 3 is 2.73 bits per heavy atom. The van der Waals surface area contributed by atoms with Crippen molar-refractivity contribution >= 4 is 29.4 Å². The number of nitrogens with zero attached hydrogens (tertiary/aromatic N) is 6. The lowest BCUT2D eigenvalue weighted by Gasteiger charge is -2.31. The largest absolute Gasteiger partial charge is 0.341 e. The summed E-state index contributed by atoms with van der Waals surface area (Å²) < 4.78 is 4.08. The van der Waals surface area contributed by atoms with Gasteiger partial charge in [0.1, 0.15) is 5.82 Å². The molecule has 174 valence electrons. The van der Waals surface area contributed by atoms with E-state index in [-0.39, 0.29) is 11.7 Å². The van der Waals surface area contributed by atoms with Crippen molar-refractivity contribution in [2.24, 2.45) is 5.92 Å². The molecule has 1 saturated carbocycles. The quantitative estimate of drug-likeness (QED) is 0.504. The minimum Gasteiger partial charge on any atom is -0.341 e. The predicted octanol–water partition coefficient (Wildman–Crippen LogP) is 4.13. The number of hydrogen-bond donors (Lipinski definition) is 1. The molecule has 1 aliphatic heterocycles. The van der Waals surface area contributed by atoms with Crippen molar-refractivity contribution in [3.63, 3.8) is 0 Å². The van der Waals surface area contributed by atoms with Crippen molar-refractivity contribution in [3.8, 4) is 0 Å². The smallest absolute Gasteiger partial charge is 0.235 e. The fraction of sp³-hybridized carbons (Fsp3) is 0.500. The average Bonchev–Trinajstić information content (AvgIpc) is 3.41. The van der Waals surface area contributed by atoms with Gasteiger partial charge in [-0.25, -0.2) is 4.68 Å². The van der Waals surface area contributed by atoms with Crippen molar-refractivity contribution in [1.29, 1.82) is 0 Å². The summed E-state index contributed by atoms with van der Waals surface area (Å²) in [6.45, 7) is 7.06. The first-order valence-electron chi connectivity index (χ1n) is 11.8. The molecule has 5 rings (SSSR count). The molecule has 0 spiro atoms. The van der Waals surface area contributed by atoms with E-state index in [0.29, 0.717) is 18.4 Å². The summed E-state index contributed by atoms with van der Waals surface area (Å²) in [5.41, 5.74) is 2.36. The Hall–Kier alpha value is -2.81. The molecule has 0 radical (unpaired) electrons. The topological polar surface area (TPSA) is 80.9 Å². The number of anilines is 2. The van der Waals surface area contributed by atoms with Crippen LogP contribution in [0, 0.1) is 12.8 Å². The zero-order valence-corrected chi connectivity index (χ0v) is 20.1. The first kappa shape index (κ1) is 22.0. The van der Waals surface area contributed by atoms with Crippen LogP contribution in [0.2, 0.25) is 0 Å². The van der Waals surface area contributed by atoms with Crippen molar-refractivity contribution < 1.29 is 4.79 Å². The molecular weight excluding hydrogens is 434 g/mol. The summed E-state index contributed by atoms with van der Waals surface area (Å²) in [7, 11) is 0. The third kappa shape index (κ3) is 5.24. The van der Waals surface area contributed by atoms with Gasteiger partial charge >= 0.3 is 0 Å². The van der Waals surface area contributed by atoms with Crippen molar-refractivity contribution in [2.45, 2.75) is 57.3 Å². The number of carbonyl (C=O) groups is 1. The van der Waals surface area contributed by atoms with Gasteiger partial charge in [-0.05, 0) is 44.1 Å². The van der Waals surface area contributed by atoms with Crippen LogP contribution >= 0.6 is 11.8 Å². The van der Waals surface area contributed by atoms with Crippen molar-refractivity contribution in [1.82, 2.24) is 24.5 Å². The average molecular weight is 466 g/mol. The van der Waals surface area contributed by atoms with Gasteiger partial charge in [0, 0.05) is 25.2 Å². The highest BCUT2D eigenvalue weighted by atomic mass is 32.2. The van der Waals surface area contributed by atoms with E-state index in [1.807, 2.05) is 16.8 Å². The first-order chi connectivity index (χ1) is 16.1. The number of aromatic nitrogens is 5. The Bertz CT molecular complexity index is 1110. The highest BCUT2D eigenvalue weighted by Crippen LogP contribution is 2.41. The molecular formula is C24H31N7OS. The predicted molar refractivity (Wildman–Crippen MR) is 131 cm³/mol. The Balaban J connectivity index is 1.21. The summed E-state index contributed by atoms with van der Waals surface area (Å²) in [6.07, 6.45) is 6.42. The standard InChI is InChI=1S/C24H31N7OS/c1-17-9-12-29(13-10-17)23-27-28-24(31(23)20-6-7-20)33-16-22(32)26-21-8-11-25-30(21)15-19-5-3-4-18(2)14-19/h3-5,8,11,14,17,20H,6-7,9-10,12-13,15-16H2,1-2H3,(H,26,32). The Kier molecular flexibility index (Phi) is 6.39. The molecule has 3 heterocycles. The molecule has 3 aromatic rings. The highest BCUT2D eigenvalue weighted by molar-refractivity contribution is 7.99. The second-order valence-electron chi connectivity index (χ2n) is 9.25. The van der Waals surface area contributed by atoms with Gasteiger partial charge in [-0.3, -0.25) is 9.36 Å². The van der Waals surface area contributed by atoms with Gasteiger partial charge in [-0.2, -0.15) is 5.10 Å². The van der Waals surface area contributed by atoms with Gasteiger partial charge in [0.2, 0.25) is 11.9 Å². The summed E-state index contributed by atoms with van der Waals surface area (Å²) in [5, 5.41) is 17.2. The molecule has 1 aliphatic carbocycles. The summed E-state index contributed by atoms with van der Waals surface area (Å²) >= 11 is 1.46. The van der Waals surface area contributed by atoms with Gasteiger partial charge in [-0.1, -0.05) is 48.5 Å². The van der Waals surface area contributed by atoms with Gasteiger partial charge < -0.3 is 10.2 Å². The number of hydrogen-bond acceptors (Lipinski definition) is 6. The molecule has 8 nitrogen and oxygen atoms in total. The fourth-order valence-corrected chi connectivity index (χ4v) is 5.10. The number of thioether (sulfide) groups is 1. The molecule has 1 N–H and O–H groups in total. The summed E-state index contributed by atoms with van der Waals surface area (Å²) in [6, 6.07) is 10.6. The van der Waals surface area contributed by atoms with Crippen LogP contribution in [0.3, 0.4) is 0 Å². The van der Waals surface area contributed by atoms with E-state index in [1.54, 1.807) is 6.20 Å². The zero-order valence-electron chi connectivity index (χ0n) is 19.3. The Morgan fingerprint density at radius 1 is 1.15 bits per heavy atom. The second-order valence-corrected chi connectivity index (χ2v) is 10.2. The van der Waals surface area contributed by atoms with Crippen LogP contribution in [0.15, 0.2) is 41.7 Å². The lowest BCUT2D eigenvalue weighted by atomic mass is 10.00. The molecule has 0 unspecified atom stereocenters. The molecule has 0 atom stereocenters. The highest BCUT2D eigenvalue weighted by Gasteiger charge is 2.32. The van der Waals surface area contributed by atoms with E-state index in [4.69, 9.17) is 0 Å². The van der Waals surface area contributed by atoms with E-state index < -0.39 is 0 Å². The minimum absolute atomic E-state index is 0.0651. The SMILES string of the molecule is Cc1cccc(Cn2nccc2NC(=O)CSc2nnc(N3CCC(C)CC3)n2C2CC2)c1. The van der Waals surface area contributed by atoms with Crippen LogP contribution in [0.5, 0.6) is 0 Å². The lowest BCUT2D eigenvalue weighted by molar-refractivity contribution is -0.113. The Labute approximate surface area is 198 Å². The van der Waals surface area contributed by atoms with E-state index in [9.17, 15) is 4.79 Å². The van der Waals surface area contributed by atoms with Crippen LogP contribution in [0.4, 0.5) is 11.8 Å². The maximum absolute atomic E-state index is 12.7. The maximum atomic E-state index is 12.7. The third-order valence-corrected chi connectivity index (χ3v) is 7.30. The number of amides is 1. The monoisotopic (exact) mass is 465 g/mol. The summed E-state index contributed by atoms with van der Waals surface area (Å²) in [4.78, 5) is 15.1. The summed E-state index contributed by atoms with van der Waals surface area (Å²) in [5.74, 6) is 2.68. The number of nitrogens with one attached hydrogen (secondary N) is 1. The lowest BCUT2D eigenvalue weighted by Crippen LogP contribution is -2.34. The number of carbonyl (C=O) groups excluding carboxylic acids is 1. The van der Waals surface area contributed by atoms with Crippen LogP contribution in [-0.2, 0) is 11.3 Å². The molecule has 1 saturated heterocycles. The molecule has 0 bridgehead atoms. The molecule has 1 amide bonds. The van der Waals surface area contributed by atoms with Crippen LogP contribution < -0.4 is 10.2 Å². The van der Waals surface area contributed by atoms with Gasteiger partial charge in [0.05, 0.1) is 18.5 Å². The number of aryl methyl sites for hydroxylation is 1. The van der Waals surface area contributed by atoms with E-state index in [2.05, 4.69) is 62.1 Å². The normalized spacial score (nSPS) is 16.8. The van der Waals surface area contributed by atoms with E-state index >= 15 is 0 Å². The maximum Gasteiger partial charge on any atom is 0.235 e. The minimum atomic E-state index is -0.0651. The van der Waals surface area contributed by atoms with E-state index in [1.165, 1.54) is 30.2 Å². The van der Waals surface area contributed by atoms with E-state index in [0.717, 1.165) is 48.5 Å². The molecule has 2 aromatic heterocycles. The first-order valence-corrected chi connectivity index (χ1v) is 12.8. The molecule has 1 aromatic carbocycles. The van der Waals surface area contributed by atoms with Crippen LogP contribution in [0.25, 0.3) is 0 Å². The molecule has 9 heteroatoms. The molecule has 33 heavy (non-hydrogen) atoms. The van der Waals surface area contributed by atoms with Crippen molar-refractivity contribution in [2.75, 3.05) is 29.1 Å². The van der Waals surface area contributed by atoms with Gasteiger partial charge in [0.15, 0.2) is 5.16 Å². The Morgan fingerprint density at radius 2 is 1.97 bits per heavy atom. The van der Waals surface area contributed by atoms with Gasteiger partial charge in [0.25, 0.3) is 0 Å². The number of benzene rings is 1. The fourth-order valence-electron chi connectivity index (χ4n) is 4.30. The van der Waals surface area contributed by atoms with Crippen LogP contribution in [0.1, 0.15) is 49.8 Å². The number of rotatable bonds is 8. The second kappa shape index (κ2) is 9.59. The number of piperidine rings is 1. The molecule has 2 aliphatic rings. The van der Waals surface area contributed by atoms with Gasteiger partial charge in [-0.15, -0.1) is 10.2 Å².